The minimum Gasteiger partial charge on any atom is -0.484 e. The summed E-state index contributed by atoms with van der Waals surface area (Å²) >= 11 is 0. The van der Waals surface area contributed by atoms with E-state index in [1.807, 2.05) is 23.7 Å². The summed E-state index contributed by atoms with van der Waals surface area (Å²) in [5.74, 6) is 2.82. The zero-order valence-electron chi connectivity index (χ0n) is 15.9. The third-order valence-electron chi connectivity index (χ3n) is 4.38. The van der Waals surface area contributed by atoms with Crippen molar-refractivity contribution in [1.82, 2.24) is 19.7 Å². The molecule has 1 fully saturated rings. The van der Waals surface area contributed by atoms with Crippen LogP contribution >= 0.6 is 0 Å². The van der Waals surface area contributed by atoms with Crippen molar-refractivity contribution in [2.75, 3.05) is 13.2 Å². The minimum absolute atomic E-state index is 0.150. The van der Waals surface area contributed by atoms with Crippen LogP contribution in [0.2, 0.25) is 0 Å². The van der Waals surface area contributed by atoms with Crippen molar-refractivity contribution in [3.8, 4) is 5.75 Å². The van der Waals surface area contributed by atoms with E-state index in [-0.39, 0.29) is 11.5 Å². The summed E-state index contributed by atoms with van der Waals surface area (Å²) in [6, 6.07) is 3.97. The van der Waals surface area contributed by atoms with Gasteiger partial charge in [0.1, 0.15) is 12.4 Å². The maximum Gasteiger partial charge on any atom is 0.165 e. The van der Waals surface area contributed by atoms with Gasteiger partial charge < -0.3 is 9.47 Å². The van der Waals surface area contributed by atoms with Gasteiger partial charge in [-0.2, -0.15) is 5.10 Å². The molecule has 3 heterocycles. The third-order valence-corrected chi connectivity index (χ3v) is 4.38. The number of hydrogen-bond donors (Lipinski definition) is 0. The van der Waals surface area contributed by atoms with Crippen LogP contribution in [0.5, 0.6) is 5.75 Å². The van der Waals surface area contributed by atoms with Gasteiger partial charge in [-0.3, -0.25) is 4.98 Å². The Labute approximate surface area is 149 Å². The fourth-order valence-corrected chi connectivity index (χ4v) is 3.03. The molecular weight excluding hydrogens is 316 g/mol. The molecule has 1 aliphatic heterocycles. The highest BCUT2D eigenvalue weighted by molar-refractivity contribution is 5.29. The maximum absolute atomic E-state index is 6.06. The Bertz CT molecular complexity index is 728. The van der Waals surface area contributed by atoms with E-state index in [1.54, 1.807) is 0 Å². The number of rotatable bonds is 5. The molecule has 1 aliphatic rings. The van der Waals surface area contributed by atoms with Crippen molar-refractivity contribution in [2.45, 2.75) is 65.5 Å². The van der Waals surface area contributed by atoms with E-state index in [4.69, 9.17) is 19.6 Å². The van der Waals surface area contributed by atoms with Crippen molar-refractivity contribution >= 4 is 0 Å². The monoisotopic (exact) mass is 344 g/mol. The molecule has 1 atom stereocenters. The van der Waals surface area contributed by atoms with Gasteiger partial charge >= 0.3 is 0 Å². The van der Waals surface area contributed by atoms with Crippen LogP contribution in [0, 0.1) is 6.92 Å². The zero-order chi connectivity index (χ0) is 18.0. The van der Waals surface area contributed by atoms with Crippen LogP contribution in [0.3, 0.4) is 0 Å². The van der Waals surface area contributed by atoms with E-state index < -0.39 is 0 Å². The number of aryl methyl sites for hydroxylation is 2. The second kappa shape index (κ2) is 7.12. The number of hydrogen-bond acceptors (Lipinski definition) is 5. The Hall–Kier alpha value is -1.95. The highest BCUT2D eigenvalue weighted by Crippen LogP contribution is 2.26. The van der Waals surface area contributed by atoms with E-state index in [1.165, 1.54) is 0 Å². The van der Waals surface area contributed by atoms with E-state index in [0.717, 1.165) is 48.2 Å². The van der Waals surface area contributed by atoms with Gasteiger partial charge in [0.05, 0.1) is 17.8 Å². The lowest BCUT2D eigenvalue weighted by molar-refractivity contribution is 0.193. The molecule has 0 bridgehead atoms. The average molecular weight is 344 g/mol. The van der Waals surface area contributed by atoms with Crippen LogP contribution in [0.25, 0.3) is 0 Å². The van der Waals surface area contributed by atoms with Crippen LogP contribution in [-0.2, 0) is 23.3 Å². The summed E-state index contributed by atoms with van der Waals surface area (Å²) in [5.41, 5.74) is 1.83. The topological polar surface area (TPSA) is 62.1 Å². The molecule has 0 aliphatic carbocycles. The van der Waals surface area contributed by atoms with E-state index in [0.29, 0.717) is 13.2 Å². The molecule has 25 heavy (non-hydrogen) atoms. The second-order valence-corrected chi connectivity index (χ2v) is 7.57. The van der Waals surface area contributed by atoms with Crippen molar-refractivity contribution in [3.63, 3.8) is 0 Å². The van der Waals surface area contributed by atoms with E-state index >= 15 is 0 Å². The first-order chi connectivity index (χ1) is 11.9. The summed E-state index contributed by atoms with van der Waals surface area (Å²) in [6.45, 7) is 12.3. The average Bonchev–Trinajstić information content (AvgIpc) is 3.22. The van der Waals surface area contributed by atoms with Crippen molar-refractivity contribution in [2.24, 2.45) is 0 Å². The first-order valence-corrected chi connectivity index (χ1v) is 9.02. The molecule has 0 spiro atoms. The Morgan fingerprint density at radius 3 is 2.72 bits per heavy atom. The molecule has 1 saturated heterocycles. The lowest BCUT2D eigenvalue weighted by Crippen LogP contribution is -2.26. The number of nitrogens with zero attached hydrogens (tertiary/aromatic N) is 4. The lowest BCUT2D eigenvalue weighted by Gasteiger charge is -2.21. The number of pyridine rings is 1. The molecular formula is C19H28N4O2. The van der Waals surface area contributed by atoms with Crippen LogP contribution in [0.15, 0.2) is 12.1 Å². The van der Waals surface area contributed by atoms with Gasteiger partial charge in [-0.05, 0) is 52.7 Å². The molecule has 0 amide bonds. The van der Waals surface area contributed by atoms with Crippen LogP contribution in [0.4, 0.5) is 0 Å². The van der Waals surface area contributed by atoms with Crippen LogP contribution < -0.4 is 4.74 Å². The van der Waals surface area contributed by atoms with Crippen molar-refractivity contribution in [1.29, 1.82) is 0 Å². The molecule has 3 rings (SSSR count). The van der Waals surface area contributed by atoms with Crippen molar-refractivity contribution in [3.05, 3.63) is 35.2 Å². The predicted octanol–water partition coefficient (Wildman–Crippen LogP) is 3.38. The summed E-state index contributed by atoms with van der Waals surface area (Å²) in [5, 5.41) is 4.76. The standard InChI is InChI=1S/C19H28N4O2/c1-6-15-16(8-7-13(2)20-15)25-12-17-21-18(14-9-10-24-11-14)22-23(17)19(3,4)5/h7-8,14H,6,9-12H2,1-5H3/t14-/m0/s1. The van der Waals surface area contributed by atoms with Gasteiger partial charge in [-0.1, -0.05) is 6.92 Å². The normalized spacial score (nSPS) is 17.9. The largest absolute Gasteiger partial charge is 0.484 e. The Morgan fingerprint density at radius 2 is 2.08 bits per heavy atom. The number of aromatic nitrogens is 4. The fraction of sp³-hybridized carbons (Fsp3) is 0.632. The van der Waals surface area contributed by atoms with Gasteiger partial charge in [0, 0.05) is 18.2 Å². The highest BCUT2D eigenvalue weighted by Gasteiger charge is 2.27. The molecule has 0 unspecified atom stereocenters. The van der Waals surface area contributed by atoms with E-state index in [2.05, 4.69) is 32.7 Å². The van der Waals surface area contributed by atoms with Crippen molar-refractivity contribution < 1.29 is 9.47 Å². The van der Waals surface area contributed by atoms with Crippen LogP contribution in [-0.4, -0.2) is 33.0 Å². The lowest BCUT2D eigenvalue weighted by atomic mass is 10.1. The number of ether oxygens (including phenoxy) is 2. The highest BCUT2D eigenvalue weighted by atomic mass is 16.5. The second-order valence-electron chi connectivity index (χ2n) is 7.57. The third kappa shape index (κ3) is 4.00. The minimum atomic E-state index is -0.150. The smallest absolute Gasteiger partial charge is 0.165 e. The zero-order valence-corrected chi connectivity index (χ0v) is 15.9. The predicted molar refractivity (Wildman–Crippen MR) is 95.9 cm³/mol. The van der Waals surface area contributed by atoms with Crippen LogP contribution in [0.1, 0.15) is 63.1 Å². The molecule has 2 aromatic heterocycles. The molecule has 2 aromatic rings. The van der Waals surface area contributed by atoms with Gasteiger partial charge in [0.15, 0.2) is 11.6 Å². The molecule has 0 aromatic carbocycles. The quantitative estimate of drug-likeness (QED) is 0.832. The Morgan fingerprint density at radius 1 is 1.28 bits per heavy atom. The van der Waals surface area contributed by atoms with Gasteiger partial charge in [-0.15, -0.1) is 0 Å². The summed E-state index contributed by atoms with van der Waals surface area (Å²) in [4.78, 5) is 9.33. The molecule has 6 nitrogen and oxygen atoms in total. The van der Waals surface area contributed by atoms with Gasteiger partial charge in [0.25, 0.3) is 0 Å². The van der Waals surface area contributed by atoms with Gasteiger partial charge in [-0.25, -0.2) is 9.67 Å². The Balaban J connectivity index is 1.83. The molecule has 136 valence electrons. The van der Waals surface area contributed by atoms with Gasteiger partial charge in [0.2, 0.25) is 0 Å². The SMILES string of the molecule is CCc1nc(C)ccc1OCc1nc([C@H]2CCOC2)nn1C(C)(C)C. The molecule has 0 N–H and O–H groups in total. The first kappa shape index (κ1) is 17.9. The summed E-state index contributed by atoms with van der Waals surface area (Å²) < 4.78 is 13.5. The Kier molecular flexibility index (Phi) is 5.08. The first-order valence-electron chi connectivity index (χ1n) is 9.02. The fourth-order valence-electron chi connectivity index (χ4n) is 3.03. The summed E-state index contributed by atoms with van der Waals surface area (Å²) in [6.07, 6.45) is 1.82. The summed E-state index contributed by atoms with van der Waals surface area (Å²) in [7, 11) is 0. The maximum atomic E-state index is 6.06. The molecule has 0 radical (unpaired) electrons. The molecule has 6 heteroatoms. The molecule has 0 saturated carbocycles. The van der Waals surface area contributed by atoms with E-state index in [9.17, 15) is 0 Å².